The molecule has 2 aromatic carbocycles. The minimum Gasteiger partial charge on any atom is -0.487 e. The van der Waals surface area contributed by atoms with Gasteiger partial charge in [0.2, 0.25) is 0 Å². The molecule has 0 saturated heterocycles. The van der Waals surface area contributed by atoms with Crippen LogP contribution in [0.2, 0.25) is 5.02 Å². The Kier molecular flexibility index (Phi) is 6.56. The van der Waals surface area contributed by atoms with E-state index >= 15 is 0 Å². The van der Waals surface area contributed by atoms with Gasteiger partial charge in [-0.2, -0.15) is 13.2 Å². The molecule has 0 fully saturated rings. The maximum Gasteiger partial charge on any atom is 0.417 e. The van der Waals surface area contributed by atoms with Gasteiger partial charge in [-0.05, 0) is 48.0 Å². The van der Waals surface area contributed by atoms with Crippen LogP contribution in [0.1, 0.15) is 22.4 Å². The Hall–Kier alpha value is -3.13. The molecule has 0 aliphatic carbocycles. The molecule has 4 nitrogen and oxygen atoms in total. The van der Waals surface area contributed by atoms with Crippen molar-refractivity contribution in [2.45, 2.75) is 12.6 Å². The molecule has 0 bridgehead atoms. The Labute approximate surface area is 174 Å². The summed E-state index contributed by atoms with van der Waals surface area (Å²) in [4.78, 5) is 3.82. The van der Waals surface area contributed by atoms with Crippen molar-refractivity contribution in [1.82, 2.24) is 4.98 Å². The first-order valence-electron chi connectivity index (χ1n) is 8.66. The van der Waals surface area contributed by atoms with Crippen LogP contribution >= 0.6 is 11.6 Å². The van der Waals surface area contributed by atoms with E-state index in [1.807, 2.05) is 0 Å². The lowest BCUT2D eigenvalue weighted by Gasteiger charge is -2.10. The van der Waals surface area contributed by atoms with Crippen molar-refractivity contribution in [1.29, 1.82) is 0 Å². The quantitative estimate of drug-likeness (QED) is 0.231. The van der Waals surface area contributed by atoms with Crippen molar-refractivity contribution in [2.24, 2.45) is 5.16 Å². The van der Waals surface area contributed by atoms with Crippen molar-refractivity contribution in [2.75, 3.05) is 6.61 Å². The van der Waals surface area contributed by atoms with Crippen LogP contribution in [-0.2, 0) is 12.6 Å². The smallest absolute Gasteiger partial charge is 0.417 e. The average Bonchev–Trinajstić information content (AvgIpc) is 2.71. The number of ether oxygens (including phenoxy) is 1. The minimum atomic E-state index is -4.50. The molecule has 30 heavy (non-hydrogen) atoms. The van der Waals surface area contributed by atoms with Gasteiger partial charge in [-0.15, -0.1) is 0 Å². The van der Waals surface area contributed by atoms with Crippen LogP contribution in [-0.4, -0.2) is 22.5 Å². The third kappa shape index (κ3) is 5.48. The molecule has 0 atom stereocenters. The largest absolute Gasteiger partial charge is 0.487 e. The molecule has 0 saturated carbocycles. The van der Waals surface area contributed by atoms with Crippen LogP contribution in [0.15, 0.2) is 65.9 Å². The van der Waals surface area contributed by atoms with Gasteiger partial charge in [0.25, 0.3) is 0 Å². The van der Waals surface area contributed by atoms with Crippen molar-refractivity contribution in [3.63, 3.8) is 0 Å². The lowest BCUT2D eigenvalue weighted by molar-refractivity contribution is -0.137. The lowest BCUT2D eigenvalue weighted by Crippen LogP contribution is -2.13. The van der Waals surface area contributed by atoms with E-state index in [2.05, 4.69) is 10.1 Å². The normalized spacial score (nSPS) is 12.1. The number of halogens is 5. The molecule has 0 aliphatic rings. The SMILES string of the molecule is O/N=C(\COc1ccc(Cc2ncc(C(F)(F)F)cc2Cl)cc1)c1ccc(F)cc1. The van der Waals surface area contributed by atoms with E-state index in [9.17, 15) is 17.6 Å². The first-order valence-corrected chi connectivity index (χ1v) is 9.04. The zero-order valence-electron chi connectivity index (χ0n) is 15.3. The van der Waals surface area contributed by atoms with Gasteiger partial charge in [-0.25, -0.2) is 4.39 Å². The molecule has 0 radical (unpaired) electrons. The monoisotopic (exact) mass is 438 g/mol. The highest BCUT2D eigenvalue weighted by Gasteiger charge is 2.31. The second-order valence-corrected chi connectivity index (χ2v) is 6.72. The van der Waals surface area contributed by atoms with Crippen molar-refractivity contribution in [3.05, 3.63) is 94.0 Å². The second kappa shape index (κ2) is 9.13. The average molecular weight is 439 g/mol. The van der Waals surface area contributed by atoms with Crippen molar-refractivity contribution >= 4 is 17.3 Å². The highest BCUT2D eigenvalue weighted by atomic mass is 35.5. The van der Waals surface area contributed by atoms with E-state index in [1.165, 1.54) is 24.3 Å². The molecule has 0 unspecified atom stereocenters. The van der Waals surface area contributed by atoms with Crippen LogP contribution < -0.4 is 4.74 Å². The first kappa shape index (κ1) is 21.6. The van der Waals surface area contributed by atoms with Crippen LogP contribution in [0.25, 0.3) is 0 Å². The standard InChI is InChI=1S/C21H15ClF4N2O2/c22-18-10-15(21(24,25)26)11-27-19(18)9-13-1-7-17(8-2-13)30-12-20(28-29)14-3-5-16(23)6-4-14/h1-8,10-11,29H,9,12H2/b28-20+. The number of alkyl halides is 3. The third-order valence-corrected chi connectivity index (χ3v) is 4.54. The number of nitrogens with zero attached hydrogens (tertiary/aromatic N) is 2. The van der Waals surface area contributed by atoms with E-state index in [-0.39, 0.29) is 23.8 Å². The number of hydrogen-bond acceptors (Lipinski definition) is 4. The fourth-order valence-electron chi connectivity index (χ4n) is 2.61. The molecule has 1 heterocycles. The first-order chi connectivity index (χ1) is 14.3. The molecule has 0 aliphatic heterocycles. The summed E-state index contributed by atoms with van der Waals surface area (Å²) in [6.45, 7) is -0.0479. The third-order valence-electron chi connectivity index (χ3n) is 4.21. The summed E-state index contributed by atoms with van der Waals surface area (Å²) in [6.07, 6.45) is -3.50. The summed E-state index contributed by atoms with van der Waals surface area (Å²) in [5.74, 6) is 0.0728. The molecular weight excluding hydrogens is 424 g/mol. The van der Waals surface area contributed by atoms with E-state index in [1.54, 1.807) is 24.3 Å². The molecule has 0 amide bonds. The predicted octanol–water partition coefficient (Wildman–Crippen LogP) is 5.74. The Balaban J connectivity index is 1.63. The summed E-state index contributed by atoms with van der Waals surface area (Å²) in [5, 5.41) is 12.3. The fourth-order valence-corrected chi connectivity index (χ4v) is 2.85. The molecular formula is C21H15ClF4N2O2. The zero-order chi connectivity index (χ0) is 21.7. The Morgan fingerprint density at radius 2 is 1.73 bits per heavy atom. The van der Waals surface area contributed by atoms with Crippen molar-refractivity contribution < 1.29 is 27.5 Å². The zero-order valence-corrected chi connectivity index (χ0v) is 16.1. The van der Waals surface area contributed by atoms with Crippen LogP contribution in [0.5, 0.6) is 5.75 Å². The summed E-state index contributed by atoms with van der Waals surface area (Å²) in [7, 11) is 0. The summed E-state index contributed by atoms with van der Waals surface area (Å²) in [5.41, 5.74) is 0.927. The molecule has 156 valence electrons. The Morgan fingerprint density at radius 3 is 2.30 bits per heavy atom. The van der Waals surface area contributed by atoms with Gasteiger partial charge in [-0.3, -0.25) is 4.98 Å². The molecule has 3 rings (SSSR count). The molecule has 0 spiro atoms. The number of rotatable bonds is 6. The summed E-state index contributed by atoms with van der Waals surface area (Å²) in [6, 6.07) is 13.0. The van der Waals surface area contributed by atoms with Gasteiger partial charge >= 0.3 is 6.18 Å². The van der Waals surface area contributed by atoms with Crippen LogP contribution in [0.3, 0.4) is 0 Å². The van der Waals surface area contributed by atoms with Gasteiger partial charge in [0, 0.05) is 18.2 Å². The maximum atomic E-state index is 13.0. The lowest BCUT2D eigenvalue weighted by atomic mass is 10.1. The highest BCUT2D eigenvalue weighted by molar-refractivity contribution is 6.31. The molecule has 1 N–H and O–H groups in total. The van der Waals surface area contributed by atoms with Crippen LogP contribution in [0, 0.1) is 5.82 Å². The van der Waals surface area contributed by atoms with E-state index < -0.39 is 17.6 Å². The second-order valence-electron chi connectivity index (χ2n) is 6.31. The Morgan fingerprint density at radius 1 is 1.07 bits per heavy atom. The molecule has 1 aromatic heterocycles. The minimum absolute atomic E-state index is 0.0479. The van der Waals surface area contributed by atoms with Crippen molar-refractivity contribution in [3.8, 4) is 5.75 Å². The van der Waals surface area contributed by atoms with E-state index in [0.717, 1.165) is 17.8 Å². The van der Waals surface area contributed by atoms with E-state index in [0.29, 0.717) is 17.0 Å². The Bertz CT molecular complexity index is 1040. The van der Waals surface area contributed by atoms with Gasteiger partial charge < -0.3 is 9.94 Å². The summed E-state index contributed by atoms with van der Waals surface area (Å²) < 4.78 is 56.7. The topological polar surface area (TPSA) is 54.7 Å². The number of hydrogen-bond donors (Lipinski definition) is 1. The number of benzene rings is 2. The maximum absolute atomic E-state index is 13.0. The van der Waals surface area contributed by atoms with Gasteiger partial charge in [-0.1, -0.05) is 28.9 Å². The summed E-state index contributed by atoms with van der Waals surface area (Å²) >= 11 is 5.94. The number of pyridine rings is 1. The number of aromatic nitrogens is 1. The van der Waals surface area contributed by atoms with Gasteiger partial charge in [0.15, 0.2) is 0 Å². The van der Waals surface area contributed by atoms with Crippen LogP contribution in [0.4, 0.5) is 17.6 Å². The van der Waals surface area contributed by atoms with Gasteiger partial charge in [0.05, 0.1) is 16.3 Å². The van der Waals surface area contributed by atoms with E-state index in [4.69, 9.17) is 21.5 Å². The molecule has 9 heteroatoms. The van der Waals surface area contributed by atoms with Gasteiger partial charge in [0.1, 0.15) is 23.9 Å². The number of oxime groups is 1. The molecule has 3 aromatic rings. The predicted molar refractivity (Wildman–Crippen MR) is 104 cm³/mol. The fraction of sp³-hybridized carbons (Fsp3) is 0.143. The highest BCUT2D eigenvalue weighted by Crippen LogP contribution is 2.31.